The molecule has 1 heterocycles. The Morgan fingerprint density at radius 2 is 2.00 bits per heavy atom. The number of carbonyl (C=O) groups is 1. The van der Waals surface area contributed by atoms with Gasteiger partial charge in [-0.1, -0.05) is 0 Å². The Balaban J connectivity index is 2.24. The van der Waals surface area contributed by atoms with Gasteiger partial charge in [0, 0.05) is 17.4 Å². The first-order valence-electron chi connectivity index (χ1n) is 5.22. The number of hydrogen-bond donors (Lipinski definition) is 2. The van der Waals surface area contributed by atoms with Gasteiger partial charge in [-0.3, -0.25) is 4.79 Å². The van der Waals surface area contributed by atoms with Crippen LogP contribution in [0.15, 0.2) is 42.6 Å². The fourth-order valence-corrected chi connectivity index (χ4v) is 1.47. The molecule has 3 N–H and O–H groups in total. The topological polar surface area (TPSA) is 91.8 Å². The number of pyridine rings is 1. The van der Waals surface area contributed by atoms with Crippen LogP contribution in [0.2, 0.25) is 0 Å². The van der Waals surface area contributed by atoms with Gasteiger partial charge < -0.3 is 11.1 Å². The number of primary amides is 1. The quantitative estimate of drug-likeness (QED) is 0.852. The first-order valence-corrected chi connectivity index (χ1v) is 5.22. The number of carbonyl (C=O) groups excluding carboxylic acids is 1. The lowest BCUT2D eigenvalue weighted by atomic mass is 10.2. The molecule has 1 aromatic carbocycles. The van der Waals surface area contributed by atoms with E-state index in [0.29, 0.717) is 16.9 Å². The zero-order chi connectivity index (χ0) is 13.0. The molecule has 0 atom stereocenters. The van der Waals surface area contributed by atoms with Crippen LogP contribution >= 0.6 is 0 Å². The fraction of sp³-hybridized carbons (Fsp3) is 0. The summed E-state index contributed by atoms with van der Waals surface area (Å²) in [5, 5.41) is 12.0. The Kier molecular flexibility index (Phi) is 3.21. The van der Waals surface area contributed by atoms with Gasteiger partial charge in [0.25, 0.3) is 0 Å². The van der Waals surface area contributed by atoms with Crippen molar-refractivity contribution in [3.05, 3.63) is 53.9 Å². The highest BCUT2D eigenvalue weighted by molar-refractivity contribution is 5.93. The number of amides is 1. The molecule has 88 valence electrons. The molecule has 18 heavy (non-hydrogen) atoms. The van der Waals surface area contributed by atoms with Crippen molar-refractivity contribution in [1.29, 1.82) is 5.26 Å². The van der Waals surface area contributed by atoms with Gasteiger partial charge >= 0.3 is 0 Å². The number of rotatable bonds is 3. The van der Waals surface area contributed by atoms with Gasteiger partial charge in [0.1, 0.15) is 6.07 Å². The van der Waals surface area contributed by atoms with Crippen molar-refractivity contribution in [2.24, 2.45) is 5.73 Å². The van der Waals surface area contributed by atoms with Gasteiger partial charge in [-0.05, 0) is 36.4 Å². The zero-order valence-corrected chi connectivity index (χ0v) is 9.42. The third-order valence-corrected chi connectivity index (χ3v) is 2.36. The second-order valence-corrected chi connectivity index (χ2v) is 3.58. The number of nitrogens with zero attached hydrogens (tertiary/aromatic N) is 2. The van der Waals surface area contributed by atoms with Crippen molar-refractivity contribution in [3.63, 3.8) is 0 Å². The van der Waals surface area contributed by atoms with Crippen LogP contribution in [0.3, 0.4) is 0 Å². The minimum absolute atomic E-state index is 0.316. The van der Waals surface area contributed by atoms with Crippen LogP contribution in [-0.2, 0) is 0 Å². The normalized spacial score (nSPS) is 9.50. The van der Waals surface area contributed by atoms with E-state index in [1.54, 1.807) is 42.6 Å². The number of benzene rings is 1. The lowest BCUT2D eigenvalue weighted by Gasteiger charge is -2.07. The maximum Gasteiger partial charge on any atom is 0.248 e. The average molecular weight is 238 g/mol. The standard InChI is InChI=1S/C13H10N4O/c14-8-12-11(2-1-7-16-12)17-10-5-3-9(4-6-10)13(15)18/h1-7,17H,(H2,15,18). The number of anilines is 2. The van der Waals surface area contributed by atoms with Gasteiger partial charge in [0.05, 0.1) is 5.69 Å². The number of hydrogen-bond acceptors (Lipinski definition) is 4. The lowest BCUT2D eigenvalue weighted by molar-refractivity contribution is 0.100. The second-order valence-electron chi connectivity index (χ2n) is 3.58. The van der Waals surface area contributed by atoms with E-state index in [-0.39, 0.29) is 0 Å². The molecule has 0 aliphatic carbocycles. The van der Waals surface area contributed by atoms with Crippen molar-refractivity contribution in [1.82, 2.24) is 4.98 Å². The third kappa shape index (κ3) is 2.44. The van der Waals surface area contributed by atoms with Crippen LogP contribution in [0.5, 0.6) is 0 Å². The summed E-state index contributed by atoms with van der Waals surface area (Å²) >= 11 is 0. The third-order valence-electron chi connectivity index (χ3n) is 2.36. The van der Waals surface area contributed by atoms with Gasteiger partial charge in [-0.15, -0.1) is 0 Å². The maximum atomic E-state index is 10.9. The molecular formula is C13H10N4O. The highest BCUT2D eigenvalue weighted by Gasteiger charge is 2.03. The summed E-state index contributed by atoms with van der Waals surface area (Å²) in [6.07, 6.45) is 1.56. The summed E-state index contributed by atoms with van der Waals surface area (Å²) in [6, 6.07) is 12.2. The first-order chi connectivity index (χ1) is 8.70. The summed E-state index contributed by atoms with van der Waals surface area (Å²) in [5.41, 5.74) is 7.27. The van der Waals surface area contributed by atoms with E-state index in [4.69, 9.17) is 11.0 Å². The van der Waals surface area contributed by atoms with E-state index in [0.717, 1.165) is 5.69 Å². The van der Waals surface area contributed by atoms with Crippen LogP contribution in [-0.4, -0.2) is 10.9 Å². The van der Waals surface area contributed by atoms with E-state index in [1.807, 2.05) is 6.07 Å². The maximum absolute atomic E-state index is 10.9. The van der Waals surface area contributed by atoms with E-state index < -0.39 is 5.91 Å². The molecule has 0 spiro atoms. The Labute approximate surface area is 104 Å². The smallest absolute Gasteiger partial charge is 0.248 e. The first kappa shape index (κ1) is 11.6. The molecule has 0 saturated carbocycles. The van der Waals surface area contributed by atoms with Crippen LogP contribution in [0.25, 0.3) is 0 Å². The fourth-order valence-electron chi connectivity index (χ4n) is 1.47. The average Bonchev–Trinajstić information content (AvgIpc) is 2.40. The van der Waals surface area contributed by atoms with Crippen LogP contribution in [0.1, 0.15) is 16.1 Å². The highest BCUT2D eigenvalue weighted by Crippen LogP contribution is 2.18. The molecule has 0 fully saturated rings. The van der Waals surface area contributed by atoms with Crippen molar-refractivity contribution >= 4 is 17.3 Å². The van der Waals surface area contributed by atoms with Crippen molar-refractivity contribution in [2.75, 3.05) is 5.32 Å². The van der Waals surface area contributed by atoms with Gasteiger partial charge in [0.2, 0.25) is 5.91 Å². The molecule has 0 aliphatic rings. The molecule has 5 heteroatoms. The lowest BCUT2D eigenvalue weighted by Crippen LogP contribution is -2.10. The van der Waals surface area contributed by atoms with Crippen molar-refractivity contribution in [3.8, 4) is 6.07 Å². The summed E-state index contributed by atoms with van der Waals surface area (Å²) in [5.74, 6) is -0.472. The Morgan fingerprint density at radius 3 is 2.61 bits per heavy atom. The largest absolute Gasteiger partial charge is 0.366 e. The zero-order valence-electron chi connectivity index (χ0n) is 9.42. The van der Waals surface area contributed by atoms with Crippen LogP contribution in [0, 0.1) is 11.3 Å². The Morgan fingerprint density at radius 1 is 1.28 bits per heavy atom. The monoisotopic (exact) mass is 238 g/mol. The SMILES string of the molecule is N#Cc1ncccc1Nc1ccc(C(N)=O)cc1. The number of aromatic nitrogens is 1. The molecule has 0 radical (unpaired) electrons. The second kappa shape index (κ2) is 4.97. The van der Waals surface area contributed by atoms with Crippen molar-refractivity contribution in [2.45, 2.75) is 0 Å². The summed E-state index contributed by atoms with van der Waals surface area (Å²) in [6.45, 7) is 0. The molecule has 0 aliphatic heterocycles. The van der Waals surface area contributed by atoms with E-state index in [1.165, 1.54) is 0 Å². The van der Waals surface area contributed by atoms with E-state index >= 15 is 0 Å². The van der Waals surface area contributed by atoms with E-state index in [9.17, 15) is 4.79 Å². The Hall–Kier alpha value is -2.87. The van der Waals surface area contributed by atoms with Gasteiger partial charge in [-0.2, -0.15) is 5.26 Å². The molecule has 0 bridgehead atoms. The molecule has 0 unspecified atom stereocenters. The Bertz CT molecular complexity index is 614. The summed E-state index contributed by atoms with van der Waals surface area (Å²) < 4.78 is 0. The minimum Gasteiger partial charge on any atom is -0.366 e. The highest BCUT2D eigenvalue weighted by atomic mass is 16.1. The summed E-state index contributed by atoms with van der Waals surface area (Å²) in [7, 11) is 0. The molecule has 1 aromatic heterocycles. The molecule has 0 saturated heterocycles. The van der Waals surface area contributed by atoms with E-state index in [2.05, 4.69) is 10.3 Å². The van der Waals surface area contributed by atoms with Gasteiger partial charge in [-0.25, -0.2) is 4.98 Å². The number of nitrogens with two attached hydrogens (primary N) is 1. The molecule has 5 nitrogen and oxygen atoms in total. The molecule has 2 rings (SSSR count). The molecule has 1 amide bonds. The number of nitriles is 1. The van der Waals surface area contributed by atoms with Crippen LogP contribution in [0.4, 0.5) is 11.4 Å². The number of nitrogens with one attached hydrogen (secondary N) is 1. The predicted octanol–water partition coefficient (Wildman–Crippen LogP) is 1.80. The molecule has 2 aromatic rings. The predicted molar refractivity (Wildman–Crippen MR) is 67.2 cm³/mol. The van der Waals surface area contributed by atoms with Crippen molar-refractivity contribution < 1.29 is 4.79 Å². The minimum atomic E-state index is -0.472. The summed E-state index contributed by atoms with van der Waals surface area (Å²) in [4.78, 5) is 14.9. The van der Waals surface area contributed by atoms with Crippen LogP contribution < -0.4 is 11.1 Å². The van der Waals surface area contributed by atoms with Gasteiger partial charge in [0.15, 0.2) is 5.69 Å². The molecular weight excluding hydrogens is 228 g/mol.